The SMILES string of the molecule is CC1(C(=O)O)CCN(C(=O)CSc2nncn2C2CC2)C1. The van der Waals surface area contributed by atoms with E-state index in [1.165, 1.54) is 11.8 Å². The molecule has 1 saturated heterocycles. The highest BCUT2D eigenvalue weighted by atomic mass is 32.2. The Labute approximate surface area is 126 Å². The Morgan fingerprint density at radius 1 is 1.52 bits per heavy atom. The number of rotatable bonds is 5. The molecule has 1 aromatic rings. The van der Waals surface area contributed by atoms with Gasteiger partial charge in [0.15, 0.2) is 5.16 Å². The Kier molecular flexibility index (Phi) is 3.64. The van der Waals surface area contributed by atoms with Gasteiger partial charge in [0.2, 0.25) is 5.91 Å². The molecule has 2 aliphatic rings. The number of aliphatic carboxylic acids is 1. The molecule has 0 radical (unpaired) electrons. The molecule has 1 aliphatic carbocycles. The van der Waals surface area contributed by atoms with Crippen LogP contribution in [0.2, 0.25) is 0 Å². The van der Waals surface area contributed by atoms with E-state index < -0.39 is 11.4 Å². The molecule has 1 unspecified atom stereocenters. The summed E-state index contributed by atoms with van der Waals surface area (Å²) < 4.78 is 2.02. The smallest absolute Gasteiger partial charge is 0.311 e. The molecule has 1 atom stereocenters. The highest BCUT2D eigenvalue weighted by molar-refractivity contribution is 7.99. The fourth-order valence-electron chi connectivity index (χ4n) is 2.50. The van der Waals surface area contributed by atoms with Crippen molar-refractivity contribution in [1.29, 1.82) is 0 Å². The maximum Gasteiger partial charge on any atom is 0.311 e. The number of amides is 1. The highest BCUT2D eigenvalue weighted by Gasteiger charge is 2.42. The lowest BCUT2D eigenvalue weighted by Gasteiger charge is -2.20. The molecular weight excluding hydrogens is 292 g/mol. The number of thioether (sulfide) groups is 1. The lowest BCUT2D eigenvalue weighted by Crippen LogP contribution is -2.35. The van der Waals surface area contributed by atoms with Crippen molar-refractivity contribution in [3.05, 3.63) is 6.33 Å². The fraction of sp³-hybridized carbons (Fsp3) is 0.692. The summed E-state index contributed by atoms with van der Waals surface area (Å²) in [7, 11) is 0. The summed E-state index contributed by atoms with van der Waals surface area (Å²) in [6.45, 7) is 2.49. The summed E-state index contributed by atoms with van der Waals surface area (Å²) in [5.74, 6) is -0.588. The van der Waals surface area contributed by atoms with Gasteiger partial charge >= 0.3 is 5.97 Å². The van der Waals surface area contributed by atoms with Crippen LogP contribution in [0.5, 0.6) is 0 Å². The van der Waals surface area contributed by atoms with Gasteiger partial charge < -0.3 is 14.6 Å². The number of hydrogen-bond acceptors (Lipinski definition) is 5. The molecule has 2 fully saturated rings. The number of carbonyl (C=O) groups is 2. The first kappa shape index (κ1) is 14.4. The van der Waals surface area contributed by atoms with Crippen LogP contribution in [-0.2, 0) is 9.59 Å². The minimum atomic E-state index is -0.834. The number of aromatic nitrogens is 3. The first-order valence-electron chi connectivity index (χ1n) is 7.03. The van der Waals surface area contributed by atoms with Crippen LogP contribution < -0.4 is 0 Å². The predicted octanol–water partition coefficient (Wildman–Crippen LogP) is 1.03. The molecule has 114 valence electrons. The lowest BCUT2D eigenvalue weighted by molar-refractivity contribution is -0.147. The maximum atomic E-state index is 12.2. The van der Waals surface area contributed by atoms with Crippen LogP contribution in [0.25, 0.3) is 0 Å². The monoisotopic (exact) mass is 310 g/mol. The van der Waals surface area contributed by atoms with Crippen molar-refractivity contribution in [2.75, 3.05) is 18.8 Å². The van der Waals surface area contributed by atoms with E-state index in [4.69, 9.17) is 0 Å². The lowest BCUT2D eigenvalue weighted by atomic mass is 9.90. The molecule has 1 saturated carbocycles. The topological polar surface area (TPSA) is 88.3 Å². The van der Waals surface area contributed by atoms with E-state index in [0.29, 0.717) is 19.0 Å². The first-order valence-corrected chi connectivity index (χ1v) is 8.02. The standard InChI is InChI=1S/C13H18N4O3S/c1-13(11(19)20)4-5-16(7-13)10(18)6-21-12-15-14-8-17(12)9-2-3-9/h8-9H,2-7H2,1H3,(H,19,20). The highest BCUT2D eigenvalue weighted by Crippen LogP contribution is 2.37. The Balaban J connectivity index is 1.55. The number of likely N-dealkylation sites (tertiary alicyclic amines) is 1. The van der Waals surface area contributed by atoms with E-state index in [1.807, 2.05) is 4.57 Å². The van der Waals surface area contributed by atoms with Crippen molar-refractivity contribution in [2.24, 2.45) is 5.41 Å². The third-order valence-electron chi connectivity index (χ3n) is 4.15. The van der Waals surface area contributed by atoms with E-state index >= 15 is 0 Å². The molecular formula is C13H18N4O3S. The van der Waals surface area contributed by atoms with Crippen LogP contribution in [0, 0.1) is 5.41 Å². The minimum Gasteiger partial charge on any atom is -0.481 e. The second-order valence-corrected chi connectivity index (χ2v) is 6.91. The van der Waals surface area contributed by atoms with Crippen molar-refractivity contribution in [1.82, 2.24) is 19.7 Å². The summed E-state index contributed by atoms with van der Waals surface area (Å²) >= 11 is 1.38. The molecule has 0 aromatic carbocycles. The first-order chi connectivity index (χ1) is 9.99. The van der Waals surface area contributed by atoms with Crippen LogP contribution in [0.15, 0.2) is 11.5 Å². The molecule has 2 heterocycles. The molecule has 1 amide bonds. The van der Waals surface area contributed by atoms with Crippen molar-refractivity contribution in [2.45, 2.75) is 37.4 Å². The van der Waals surface area contributed by atoms with Crippen LogP contribution in [0.4, 0.5) is 0 Å². The Morgan fingerprint density at radius 3 is 2.90 bits per heavy atom. The normalized spacial score (nSPS) is 25.3. The molecule has 1 N–H and O–H groups in total. The zero-order chi connectivity index (χ0) is 15.0. The molecule has 7 nitrogen and oxygen atoms in total. The van der Waals surface area contributed by atoms with Gasteiger partial charge in [-0.3, -0.25) is 9.59 Å². The second-order valence-electron chi connectivity index (χ2n) is 5.97. The molecule has 8 heteroatoms. The molecule has 3 rings (SSSR count). The minimum absolute atomic E-state index is 0.0321. The summed E-state index contributed by atoms with van der Waals surface area (Å²) in [6, 6.07) is 0.486. The average Bonchev–Trinajstić information content (AvgIpc) is 3.04. The predicted molar refractivity (Wildman–Crippen MR) is 76.0 cm³/mol. The summed E-state index contributed by atoms with van der Waals surface area (Å²) in [6.07, 6.45) is 4.50. The number of nitrogens with zero attached hydrogens (tertiary/aromatic N) is 4. The van der Waals surface area contributed by atoms with Crippen molar-refractivity contribution in [3.63, 3.8) is 0 Å². The Bertz CT molecular complexity index is 572. The molecule has 0 bridgehead atoms. The summed E-state index contributed by atoms with van der Waals surface area (Å²) in [4.78, 5) is 25.0. The second kappa shape index (κ2) is 5.32. The van der Waals surface area contributed by atoms with Gasteiger partial charge in [0.05, 0.1) is 11.2 Å². The number of carboxylic acids is 1. The van der Waals surface area contributed by atoms with Gasteiger partial charge in [-0.05, 0) is 26.2 Å². The molecule has 1 aliphatic heterocycles. The van der Waals surface area contributed by atoms with Crippen LogP contribution in [-0.4, -0.2) is 55.5 Å². The fourth-order valence-corrected chi connectivity index (χ4v) is 3.39. The van der Waals surface area contributed by atoms with Gasteiger partial charge in [-0.1, -0.05) is 11.8 Å². The van der Waals surface area contributed by atoms with Gasteiger partial charge in [0.25, 0.3) is 0 Å². The largest absolute Gasteiger partial charge is 0.481 e. The zero-order valence-electron chi connectivity index (χ0n) is 11.9. The number of hydrogen-bond donors (Lipinski definition) is 1. The van der Waals surface area contributed by atoms with Crippen LogP contribution >= 0.6 is 11.8 Å². The van der Waals surface area contributed by atoms with Crippen molar-refractivity contribution >= 4 is 23.6 Å². The molecule has 1 aromatic heterocycles. The zero-order valence-corrected chi connectivity index (χ0v) is 12.7. The van der Waals surface area contributed by atoms with Crippen LogP contribution in [0.1, 0.15) is 32.2 Å². The average molecular weight is 310 g/mol. The van der Waals surface area contributed by atoms with Gasteiger partial charge in [0.1, 0.15) is 6.33 Å². The van der Waals surface area contributed by atoms with E-state index in [9.17, 15) is 14.7 Å². The third-order valence-corrected chi connectivity index (χ3v) is 5.09. The van der Waals surface area contributed by atoms with E-state index in [-0.39, 0.29) is 18.2 Å². The van der Waals surface area contributed by atoms with E-state index in [1.54, 1.807) is 18.2 Å². The quantitative estimate of drug-likeness (QED) is 0.817. The van der Waals surface area contributed by atoms with Gasteiger partial charge in [0, 0.05) is 19.1 Å². The summed E-state index contributed by atoms with van der Waals surface area (Å²) in [5, 5.41) is 17.9. The van der Waals surface area contributed by atoms with Gasteiger partial charge in [-0.15, -0.1) is 10.2 Å². The van der Waals surface area contributed by atoms with Gasteiger partial charge in [-0.2, -0.15) is 0 Å². The van der Waals surface area contributed by atoms with Gasteiger partial charge in [-0.25, -0.2) is 0 Å². The summed E-state index contributed by atoms with van der Waals surface area (Å²) in [5.41, 5.74) is -0.811. The Morgan fingerprint density at radius 2 is 2.29 bits per heavy atom. The van der Waals surface area contributed by atoms with E-state index in [2.05, 4.69) is 10.2 Å². The number of carboxylic acid groups (broad SMARTS) is 1. The Hall–Kier alpha value is -1.57. The molecule has 0 spiro atoms. The van der Waals surface area contributed by atoms with Crippen molar-refractivity contribution < 1.29 is 14.7 Å². The van der Waals surface area contributed by atoms with Crippen molar-refractivity contribution in [3.8, 4) is 0 Å². The number of carbonyl (C=O) groups excluding carboxylic acids is 1. The van der Waals surface area contributed by atoms with Crippen LogP contribution in [0.3, 0.4) is 0 Å². The third kappa shape index (κ3) is 2.90. The van der Waals surface area contributed by atoms with E-state index in [0.717, 1.165) is 18.0 Å². The maximum absolute atomic E-state index is 12.2. The molecule has 21 heavy (non-hydrogen) atoms.